The lowest BCUT2D eigenvalue weighted by Crippen LogP contribution is -2.61. The summed E-state index contributed by atoms with van der Waals surface area (Å²) in [4.78, 5) is 25.3. The molecule has 1 saturated heterocycles. The summed E-state index contributed by atoms with van der Waals surface area (Å²) in [7, 11) is 0. The van der Waals surface area contributed by atoms with Crippen molar-refractivity contribution in [1.29, 1.82) is 0 Å². The number of nitrogens with zero attached hydrogens (tertiary/aromatic N) is 1. The van der Waals surface area contributed by atoms with Crippen LogP contribution in [0.2, 0.25) is 0 Å². The third kappa shape index (κ3) is 3.23. The first kappa shape index (κ1) is 16.8. The number of carbonyl (C=O) groups excluding carboxylic acids is 1. The molecule has 1 fully saturated rings. The molecule has 3 N–H and O–H groups in total. The van der Waals surface area contributed by atoms with Crippen molar-refractivity contribution in [3.63, 3.8) is 0 Å². The van der Waals surface area contributed by atoms with Crippen molar-refractivity contribution >= 4 is 12.0 Å². The van der Waals surface area contributed by atoms with E-state index in [1.165, 1.54) is 0 Å². The van der Waals surface area contributed by atoms with Crippen LogP contribution in [0.4, 0.5) is 4.79 Å². The molecule has 6 heteroatoms. The summed E-state index contributed by atoms with van der Waals surface area (Å²) in [5, 5.41) is 21.4. The number of carboxylic acids is 1. The maximum atomic E-state index is 12.4. The van der Waals surface area contributed by atoms with Crippen LogP contribution in [0.25, 0.3) is 0 Å². The Hall–Kier alpha value is -1.30. The molecule has 0 saturated carbocycles. The van der Waals surface area contributed by atoms with E-state index in [9.17, 15) is 19.8 Å². The van der Waals surface area contributed by atoms with Crippen LogP contribution in [0.5, 0.6) is 0 Å². The molecular weight excluding hydrogens is 260 g/mol. The number of nitrogens with one attached hydrogen (secondary N) is 1. The number of carbonyl (C=O) groups is 2. The number of piperidine rings is 1. The minimum Gasteiger partial charge on any atom is -0.481 e. The Bertz CT molecular complexity index is 379. The Morgan fingerprint density at radius 1 is 1.25 bits per heavy atom. The van der Waals surface area contributed by atoms with Crippen molar-refractivity contribution < 1.29 is 19.8 Å². The van der Waals surface area contributed by atoms with Crippen LogP contribution in [0.1, 0.15) is 47.0 Å². The van der Waals surface area contributed by atoms with Gasteiger partial charge in [0, 0.05) is 6.54 Å². The Labute approximate surface area is 120 Å². The predicted octanol–water partition coefficient (Wildman–Crippen LogP) is 1.43. The SMILES string of the molecule is CC(C)(NC(=O)N1CCCCC1CO)C(C)(C)C(=O)O. The molecule has 1 heterocycles. The van der Waals surface area contributed by atoms with Gasteiger partial charge in [0.25, 0.3) is 0 Å². The minimum atomic E-state index is -1.09. The largest absolute Gasteiger partial charge is 0.481 e. The number of aliphatic carboxylic acids is 1. The Morgan fingerprint density at radius 2 is 1.85 bits per heavy atom. The van der Waals surface area contributed by atoms with Gasteiger partial charge in [-0.2, -0.15) is 0 Å². The quantitative estimate of drug-likeness (QED) is 0.729. The van der Waals surface area contributed by atoms with Crippen molar-refractivity contribution in [1.82, 2.24) is 10.2 Å². The van der Waals surface area contributed by atoms with Gasteiger partial charge in [0.15, 0.2) is 0 Å². The fourth-order valence-corrected chi connectivity index (χ4v) is 2.22. The maximum absolute atomic E-state index is 12.4. The van der Waals surface area contributed by atoms with E-state index in [1.54, 1.807) is 32.6 Å². The van der Waals surface area contributed by atoms with Gasteiger partial charge in [-0.15, -0.1) is 0 Å². The maximum Gasteiger partial charge on any atom is 0.318 e. The number of rotatable bonds is 4. The monoisotopic (exact) mass is 286 g/mol. The van der Waals surface area contributed by atoms with Crippen LogP contribution in [-0.4, -0.2) is 51.8 Å². The molecule has 116 valence electrons. The molecule has 0 aromatic rings. The summed E-state index contributed by atoms with van der Waals surface area (Å²) < 4.78 is 0. The van der Waals surface area contributed by atoms with Gasteiger partial charge in [-0.25, -0.2) is 4.79 Å². The second-order valence-electron chi connectivity index (χ2n) is 6.51. The first-order valence-electron chi connectivity index (χ1n) is 7.06. The van der Waals surface area contributed by atoms with E-state index in [-0.39, 0.29) is 18.7 Å². The molecule has 0 bridgehead atoms. The van der Waals surface area contributed by atoms with Crippen LogP contribution >= 0.6 is 0 Å². The zero-order valence-corrected chi connectivity index (χ0v) is 12.8. The number of aliphatic hydroxyl groups is 1. The molecule has 1 aliphatic rings. The summed E-state index contributed by atoms with van der Waals surface area (Å²) in [6.45, 7) is 7.13. The molecular formula is C14H26N2O4. The van der Waals surface area contributed by atoms with Crippen LogP contribution in [0.3, 0.4) is 0 Å². The molecule has 2 amide bonds. The lowest BCUT2D eigenvalue weighted by molar-refractivity contribution is -0.150. The molecule has 1 aliphatic heterocycles. The van der Waals surface area contributed by atoms with Crippen LogP contribution in [-0.2, 0) is 4.79 Å². The average Bonchev–Trinajstić information content (AvgIpc) is 2.37. The van der Waals surface area contributed by atoms with Crippen molar-refractivity contribution in [2.45, 2.75) is 58.5 Å². The lowest BCUT2D eigenvalue weighted by atomic mass is 9.74. The predicted molar refractivity (Wildman–Crippen MR) is 75.5 cm³/mol. The first-order chi connectivity index (χ1) is 9.13. The molecule has 1 unspecified atom stereocenters. The summed E-state index contributed by atoms with van der Waals surface area (Å²) in [6.07, 6.45) is 2.69. The molecule has 20 heavy (non-hydrogen) atoms. The van der Waals surface area contributed by atoms with Gasteiger partial charge in [-0.05, 0) is 47.0 Å². The highest BCUT2D eigenvalue weighted by Crippen LogP contribution is 2.31. The molecule has 0 radical (unpaired) electrons. The van der Waals surface area contributed by atoms with Gasteiger partial charge in [-0.3, -0.25) is 4.79 Å². The molecule has 0 aromatic carbocycles. The van der Waals surface area contributed by atoms with E-state index >= 15 is 0 Å². The van der Waals surface area contributed by atoms with Crippen LogP contribution < -0.4 is 5.32 Å². The second-order valence-corrected chi connectivity index (χ2v) is 6.51. The average molecular weight is 286 g/mol. The highest BCUT2D eigenvalue weighted by atomic mass is 16.4. The number of urea groups is 1. The summed E-state index contributed by atoms with van der Waals surface area (Å²) in [6, 6.07) is -0.476. The van der Waals surface area contributed by atoms with Crippen LogP contribution in [0.15, 0.2) is 0 Å². The number of hydrogen-bond acceptors (Lipinski definition) is 3. The third-order valence-electron chi connectivity index (χ3n) is 4.62. The van der Waals surface area contributed by atoms with Gasteiger partial charge < -0.3 is 20.4 Å². The number of hydrogen-bond donors (Lipinski definition) is 3. The number of likely N-dealkylation sites (tertiary alicyclic amines) is 1. The van der Waals surface area contributed by atoms with Gasteiger partial charge >= 0.3 is 12.0 Å². The molecule has 0 aliphatic carbocycles. The molecule has 1 atom stereocenters. The van der Waals surface area contributed by atoms with E-state index in [2.05, 4.69) is 5.32 Å². The number of aliphatic hydroxyl groups excluding tert-OH is 1. The van der Waals surface area contributed by atoms with Gasteiger partial charge in [0.1, 0.15) is 0 Å². The Balaban J connectivity index is 2.80. The standard InChI is InChI=1S/C14H26N2O4/c1-13(2,11(18)19)14(3,4)15-12(20)16-8-6-5-7-10(16)9-17/h10,17H,5-9H2,1-4H3,(H,15,20)(H,18,19). The minimum absolute atomic E-state index is 0.0594. The Kier molecular flexibility index (Phi) is 5.02. The zero-order valence-electron chi connectivity index (χ0n) is 12.8. The first-order valence-corrected chi connectivity index (χ1v) is 7.06. The fraction of sp³-hybridized carbons (Fsp3) is 0.857. The molecule has 0 aromatic heterocycles. The number of amides is 2. The Morgan fingerprint density at radius 3 is 2.35 bits per heavy atom. The van der Waals surface area contributed by atoms with Crippen molar-refractivity contribution in [3.05, 3.63) is 0 Å². The topological polar surface area (TPSA) is 89.9 Å². The normalized spacial score (nSPS) is 20.6. The van der Waals surface area contributed by atoms with E-state index in [1.807, 2.05) is 0 Å². The van der Waals surface area contributed by atoms with Gasteiger partial charge in [0.05, 0.1) is 23.6 Å². The van der Waals surface area contributed by atoms with E-state index < -0.39 is 16.9 Å². The van der Waals surface area contributed by atoms with Crippen LogP contribution in [0, 0.1) is 5.41 Å². The lowest BCUT2D eigenvalue weighted by Gasteiger charge is -2.42. The summed E-state index contributed by atoms with van der Waals surface area (Å²) in [5.41, 5.74) is -1.99. The van der Waals surface area contributed by atoms with E-state index in [0.29, 0.717) is 6.54 Å². The molecule has 0 spiro atoms. The van der Waals surface area contributed by atoms with Crippen molar-refractivity contribution in [3.8, 4) is 0 Å². The van der Waals surface area contributed by atoms with Gasteiger partial charge in [-0.1, -0.05) is 0 Å². The summed E-state index contributed by atoms with van der Waals surface area (Å²) >= 11 is 0. The third-order valence-corrected chi connectivity index (χ3v) is 4.62. The smallest absolute Gasteiger partial charge is 0.318 e. The van der Waals surface area contributed by atoms with E-state index in [0.717, 1.165) is 19.3 Å². The molecule has 1 rings (SSSR count). The molecule has 6 nitrogen and oxygen atoms in total. The second kappa shape index (κ2) is 5.99. The van der Waals surface area contributed by atoms with E-state index in [4.69, 9.17) is 0 Å². The fourth-order valence-electron chi connectivity index (χ4n) is 2.22. The summed E-state index contributed by atoms with van der Waals surface area (Å²) in [5.74, 6) is -0.958. The zero-order chi connectivity index (χ0) is 15.6. The number of carboxylic acid groups (broad SMARTS) is 1. The van der Waals surface area contributed by atoms with Crippen molar-refractivity contribution in [2.75, 3.05) is 13.2 Å². The van der Waals surface area contributed by atoms with Crippen molar-refractivity contribution in [2.24, 2.45) is 5.41 Å². The highest BCUT2D eigenvalue weighted by Gasteiger charge is 2.45. The highest BCUT2D eigenvalue weighted by molar-refractivity contribution is 5.80. The van der Waals surface area contributed by atoms with Gasteiger partial charge in [0.2, 0.25) is 0 Å².